The van der Waals surface area contributed by atoms with E-state index in [2.05, 4.69) is 23.6 Å². The molecular formula is C36H53ClN2O4. The highest BCUT2D eigenvalue weighted by Crippen LogP contribution is 2.49. The van der Waals surface area contributed by atoms with Gasteiger partial charge in [-0.2, -0.15) is 0 Å². The summed E-state index contributed by atoms with van der Waals surface area (Å²) in [6.07, 6.45) is 18.3. The van der Waals surface area contributed by atoms with Crippen LogP contribution in [0.3, 0.4) is 0 Å². The van der Waals surface area contributed by atoms with Crippen molar-refractivity contribution in [1.82, 2.24) is 0 Å². The smallest absolute Gasteiger partial charge is 0.265 e. The first-order chi connectivity index (χ1) is 20.7. The van der Waals surface area contributed by atoms with Gasteiger partial charge in [-0.05, 0) is 43.0 Å². The summed E-state index contributed by atoms with van der Waals surface area (Å²) in [5.74, 6) is 0.0397. The van der Waals surface area contributed by atoms with E-state index in [1.165, 1.54) is 88.7 Å². The number of amides is 2. The molecule has 238 valence electrons. The molecule has 2 aromatic rings. The average Bonchev–Trinajstić information content (AvgIpc) is 2.96. The Kier molecular flexibility index (Phi) is 14.2. The molecular weight excluding hydrogens is 560 g/mol. The zero-order valence-corrected chi connectivity index (χ0v) is 27.6. The van der Waals surface area contributed by atoms with Crippen LogP contribution in [0, 0.1) is 0 Å². The Bertz CT molecular complexity index is 1200. The lowest BCUT2D eigenvalue weighted by Crippen LogP contribution is -2.34. The summed E-state index contributed by atoms with van der Waals surface area (Å²) in [5.41, 5.74) is 1.68. The van der Waals surface area contributed by atoms with E-state index in [1.807, 2.05) is 39.0 Å². The highest BCUT2D eigenvalue weighted by atomic mass is 35.5. The van der Waals surface area contributed by atoms with Gasteiger partial charge in [-0.25, -0.2) is 0 Å². The lowest BCUT2D eigenvalue weighted by Gasteiger charge is -2.34. The number of benzene rings is 2. The molecule has 1 atom stereocenters. The van der Waals surface area contributed by atoms with Gasteiger partial charge in [0.2, 0.25) is 5.91 Å². The topological polar surface area (TPSA) is 87.7 Å². The second-order valence-corrected chi connectivity index (χ2v) is 13.2. The number of ether oxygens (including phenoxy) is 1. The summed E-state index contributed by atoms with van der Waals surface area (Å²) in [6, 6.07) is 9.46. The van der Waals surface area contributed by atoms with Crippen molar-refractivity contribution in [1.29, 1.82) is 0 Å². The number of phenols is 1. The second-order valence-electron chi connectivity index (χ2n) is 12.8. The molecule has 7 heteroatoms. The molecule has 0 bridgehead atoms. The number of rotatable bonds is 19. The van der Waals surface area contributed by atoms with Crippen LogP contribution in [0.15, 0.2) is 30.3 Å². The SMILES string of the molecule is CCCCCCCCCCCCCCCc1cccc(OC(CC)C(=O)Nc2cc(Cl)c3c(c2O)C(C)(C)CC(=O)N3)c1. The number of carbonyl (C=O) groups excluding carboxylic acids is 2. The highest BCUT2D eigenvalue weighted by molar-refractivity contribution is 6.34. The minimum Gasteiger partial charge on any atom is -0.505 e. The molecule has 3 N–H and O–H groups in total. The largest absolute Gasteiger partial charge is 0.505 e. The summed E-state index contributed by atoms with van der Waals surface area (Å²) in [4.78, 5) is 25.4. The molecule has 0 saturated heterocycles. The third-order valence-electron chi connectivity index (χ3n) is 8.46. The summed E-state index contributed by atoms with van der Waals surface area (Å²) < 4.78 is 6.11. The molecule has 3 rings (SSSR count). The second kappa shape index (κ2) is 17.5. The van der Waals surface area contributed by atoms with E-state index in [1.54, 1.807) is 0 Å². The van der Waals surface area contributed by atoms with E-state index in [0.29, 0.717) is 23.4 Å². The quantitative estimate of drug-likeness (QED) is 0.109. The van der Waals surface area contributed by atoms with Gasteiger partial charge in [0.1, 0.15) is 11.5 Å². The van der Waals surface area contributed by atoms with Crippen LogP contribution in [0.1, 0.15) is 135 Å². The van der Waals surface area contributed by atoms with Gasteiger partial charge < -0.3 is 20.5 Å². The number of aromatic hydroxyl groups is 1. The Hall–Kier alpha value is -2.73. The fourth-order valence-electron chi connectivity index (χ4n) is 6.01. The number of unbranched alkanes of at least 4 members (excludes halogenated alkanes) is 12. The van der Waals surface area contributed by atoms with Gasteiger partial charge in [-0.15, -0.1) is 0 Å². The number of carbonyl (C=O) groups is 2. The fourth-order valence-corrected chi connectivity index (χ4v) is 6.26. The van der Waals surface area contributed by atoms with E-state index in [4.69, 9.17) is 16.3 Å². The molecule has 1 unspecified atom stereocenters. The molecule has 43 heavy (non-hydrogen) atoms. The first-order valence-electron chi connectivity index (χ1n) is 16.6. The normalized spacial score (nSPS) is 14.6. The van der Waals surface area contributed by atoms with Gasteiger partial charge in [0, 0.05) is 17.4 Å². The molecule has 0 aromatic heterocycles. The summed E-state index contributed by atoms with van der Waals surface area (Å²) in [7, 11) is 0. The van der Waals surface area contributed by atoms with Crippen molar-refractivity contribution in [2.45, 2.75) is 142 Å². The molecule has 1 aliphatic rings. The van der Waals surface area contributed by atoms with Gasteiger partial charge in [0.15, 0.2) is 6.10 Å². The monoisotopic (exact) mass is 612 g/mol. The number of fused-ring (bicyclic) bond motifs is 1. The third kappa shape index (κ3) is 10.7. The molecule has 1 heterocycles. The van der Waals surface area contributed by atoms with Crippen LogP contribution < -0.4 is 15.4 Å². The van der Waals surface area contributed by atoms with E-state index < -0.39 is 11.5 Å². The molecule has 0 radical (unpaired) electrons. The van der Waals surface area contributed by atoms with E-state index in [-0.39, 0.29) is 34.7 Å². The van der Waals surface area contributed by atoms with Crippen molar-refractivity contribution in [2.75, 3.05) is 10.6 Å². The van der Waals surface area contributed by atoms with Crippen LogP contribution in [0.2, 0.25) is 5.02 Å². The predicted octanol–water partition coefficient (Wildman–Crippen LogP) is 10.1. The van der Waals surface area contributed by atoms with Crippen molar-refractivity contribution < 1.29 is 19.4 Å². The van der Waals surface area contributed by atoms with Crippen LogP contribution in [-0.4, -0.2) is 23.0 Å². The lowest BCUT2D eigenvalue weighted by molar-refractivity contribution is -0.123. The van der Waals surface area contributed by atoms with Gasteiger partial charge in [-0.3, -0.25) is 9.59 Å². The zero-order valence-electron chi connectivity index (χ0n) is 26.8. The van der Waals surface area contributed by atoms with Crippen molar-refractivity contribution in [3.8, 4) is 11.5 Å². The Balaban J connectivity index is 1.44. The molecule has 0 aliphatic carbocycles. The molecule has 0 saturated carbocycles. The minimum absolute atomic E-state index is 0.0904. The molecule has 2 amide bonds. The van der Waals surface area contributed by atoms with Crippen molar-refractivity contribution in [3.63, 3.8) is 0 Å². The zero-order chi connectivity index (χ0) is 31.2. The Morgan fingerprint density at radius 1 is 0.977 bits per heavy atom. The van der Waals surface area contributed by atoms with Crippen LogP contribution >= 0.6 is 11.6 Å². The maximum atomic E-state index is 13.2. The first-order valence-corrected chi connectivity index (χ1v) is 17.0. The van der Waals surface area contributed by atoms with E-state index >= 15 is 0 Å². The number of hydrogen-bond donors (Lipinski definition) is 3. The van der Waals surface area contributed by atoms with E-state index in [9.17, 15) is 14.7 Å². The number of hydrogen-bond acceptors (Lipinski definition) is 4. The number of aryl methyl sites for hydroxylation is 1. The summed E-state index contributed by atoms with van der Waals surface area (Å²) >= 11 is 6.46. The van der Waals surface area contributed by atoms with Crippen LogP contribution in [0.5, 0.6) is 11.5 Å². The summed E-state index contributed by atoms with van der Waals surface area (Å²) in [5, 5.41) is 16.9. The fraction of sp³-hybridized carbons (Fsp3) is 0.611. The third-order valence-corrected chi connectivity index (χ3v) is 8.76. The molecule has 0 fully saturated rings. The number of anilines is 2. The molecule has 6 nitrogen and oxygen atoms in total. The molecule has 2 aromatic carbocycles. The number of phenolic OH excluding ortho intramolecular Hbond substituents is 1. The standard InChI is InChI=1S/C36H53ClN2O4/c1-5-7-8-9-10-11-12-13-14-15-16-17-18-20-26-21-19-22-27(23-26)43-30(6-2)35(42)38-29-24-28(37)33-32(34(29)41)36(3,4)25-31(40)39-33/h19,21-24,30,41H,5-18,20,25H2,1-4H3,(H,38,42)(H,39,40). The maximum absolute atomic E-state index is 13.2. The van der Waals surface area contributed by atoms with Crippen molar-refractivity contribution in [2.24, 2.45) is 0 Å². The van der Waals surface area contributed by atoms with Crippen LogP contribution in [0.4, 0.5) is 11.4 Å². The van der Waals surface area contributed by atoms with Crippen LogP contribution in [0.25, 0.3) is 0 Å². The highest BCUT2D eigenvalue weighted by Gasteiger charge is 2.37. The Labute approximate surface area is 264 Å². The van der Waals surface area contributed by atoms with Gasteiger partial charge in [-0.1, -0.05) is 128 Å². The van der Waals surface area contributed by atoms with Gasteiger partial charge in [0.25, 0.3) is 5.91 Å². The maximum Gasteiger partial charge on any atom is 0.265 e. The number of halogens is 1. The van der Waals surface area contributed by atoms with Crippen LogP contribution in [-0.2, 0) is 21.4 Å². The van der Waals surface area contributed by atoms with Crippen molar-refractivity contribution in [3.05, 3.63) is 46.5 Å². The number of nitrogens with one attached hydrogen (secondary N) is 2. The summed E-state index contributed by atoms with van der Waals surface area (Å²) in [6.45, 7) is 7.90. The Morgan fingerprint density at radius 2 is 1.58 bits per heavy atom. The first kappa shape index (κ1) is 34.8. The molecule has 1 aliphatic heterocycles. The van der Waals surface area contributed by atoms with Gasteiger partial charge >= 0.3 is 0 Å². The average molecular weight is 613 g/mol. The van der Waals surface area contributed by atoms with E-state index in [0.717, 1.165) is 12.8 Å². The molecule has 0 spiro atoms. The van der Waals surface area contributed by atoms with Gasteiger partial charge in [0.05, 0.1) is 16.4 Å². The van der Waals surface area contributed by atoms with Crippen molar-refractivity contribution >= 4 is 34.8 Å². The lowest BCUT2D eigenvalue weighted by atomic mass is 9.77. The Morgan fingerprint density at radius 3 is 2.19 bits per heavy atom. The minimum atomic E-state index is -0.742. The predicted molar refractivity (Wildman–Crippen MR) is 179 cm³/mol.